The fourth-order valence-corrected chi connectivity index (χ4v) is 3.17. The Morgan fingerprint density at radius 2 is 1.16 bits per heavy atom. The average molecular weight is 377 g/mol. The number of alkyl halides is 1. The van der Waals surface area contributed by atoms with Crippen LogP contribution in [0.4, 0.5) is 4.79 Å². The van der Waals surface area contributed by atoms with Crippen molar-refractivity contribution in [3.8, 4) is 0 Å². The zero-order chi connectivity index (χ0) is 18.6. The van der Waals surface area contributed by atoms with Crippen molar-refractivity contribution in [2.24, 2.45) is 0 Å². The molecule has 1 unspecified atom stereocenters. The van der Waals surface area contributed by atoms with E-state index in [9.17, 15) is 4.79 Å². The van der Waals surface area contributed by atoms with Gasteiger partial charge in [0.2, 0.25) is 0 Å². The van der Waals surface area contributed by atoms with Crippen molar-refractivity contribution in [2.45, 2.75) is 122 Å². The van der Waals surface area contributed by atoms with Gasteiger partial charge < -0.3 is 9.47 Å². The standard InChI is InChI=1S/C21H41ClO3/c1-3-5-6-7-8-9-10-11-12-13-14-15-16-17-19-24-21(23)25-20(22)18-4-2/h20H,3-19H2,1-2H3. The highest BCUT2D eigenvalue weighted by Crippen LogP contribution is 2.13. The minimum atomic E-state index is -0.636. The minimum absolute atomic E-state index is 0.437. The Bertz CT molecular complexity index is 284. The number of ether oxygens (including phenoxy) is 2. The van der Waals surface area contributed by atoms with E-state index in [1.165, 1.54) is 77.0 Å². The van der Waals surface area contributed by atoms with Crippen LogP contribution in [-0.2, 0) is 9.47 Å². The van der Waals surface area contributed by atoms with E-state index in [1.54, 1.807) is 0 Å². The molecule has 150 valence electrons. The maximum atomic E-state index is 11.3. The normalized spacial score (nSPS) is 12.1. The molecule has 0 radical (unpaired) electrons. The quantitative estimate of drug-likeness (QED) is 0.138. The molecule has 0 saturated carbocycles. The number of hydrogen-bond donors (Lipinski definition) is 0. The molecule has 0 rings (SSSR count). The van der Waals surface area contributed by atoms with Gasteiger partial charge in [-0.3, -0.25) is 0 Å². The maximum absolute atomic E-state index is 11.3. The van der Waals surface area contributed by atoms with Gasteiger partial charge in [0.05, 0.1) is 6.61 Å². The van der Waals surface area contributed by atoms with Gasteiger partial charge in [-0.15, -0.1) is 0 Å². The summed E-state index contributed by atoms with van der Waals surface area (Å²) in [5, 5.41) is 0. The molecule has 0 bridgehead atoms. The van der Waals surface area contributed by atoms with Crippen LogP contribution in [0.1, 0.15) is 117 Å². The lowest BCUT2D eigenvalue weighted by molar-refractivity contribution is 0.0427. The van der Waals surface area contributed by atoms with Gasteiger partial charge in [0.15, 0.2) is 5.56 Å². The van der Waals surface area contributed by atoms with Crippen molar-refractivity contribution in [1.29, 1.82) is 0 Å². The zero-order valence-corrected chi connectivity index (χ0v) is 17.5. The van der Waals surface area contributed by atoms with Crippen LogP contribution in [0.3, 0.4) is 0 Å². The van der Waals surface area contributed by atoms with Crippen LogP contribution < -0.4 is 0 Å². The second-order valence-electron chi connectivity index (χ2n) is 7.01. The largest absolute Gasteiger partial charge is 0.509 e. The minimum Gasteiger partial charge on any atom is -0.434 e. The second kappa shape index (κ2) is 19.9. The lowest BCUT2D eigenvalue weighted by atomic mass is 10.0. The van der Waals surface area contributed by atoms with E-state index in [0.717, 1.165) is 19.3 Å². The Balaban J connectivity index is 3.15. The third-order valence-corrected chi connectivity index (χ3v) is 4.76. The molecule has 25 heavy (non-hydrogen) atoms. The molecule has 4 heteroatoms. The maximum Gasteiger partial charge on any atom is 0.509 e. The van der Waals surface area contributed by atoms with Gasteiger partial charge >= 0.3 is 6.16 Å². The van der Waals surface area contributed by atoms with Gasteiger partial charge in [-0.1, -0.05) is 115 Å². The summed E-state index contributed by atoms with van der Waals surface area (Å²) < 4.78 is 9.93. The van der Waals surface area contributed by atoms with Gasteiger partial charge in [-0.25, -0.2) is 4.79 Å². The van der Waals surface area contributed by atoms with E-state index >= 15 is 0 Å². The highest BCUT2D eigenvalue weighted by atomic mass is 35.5. The fraction of sp³-hybridized carbons (Fsp3) is 0.952. The molecule has 0 aromatic carbocycles. The highest BCUT2D eigenvalue weighted by Gasteiger charge is 2.10. The molecule has 0 heterocycles. The van der Waals surface area contributed by atoms with Crippen molar-refractivity contribution in [3.05, 3.63) is 0 Å². The summed E-state index contributed by atoms with van der Waals surface area (Å²) in [5.41, 5.74) is -0.561. The van der Waals surface area contributed by atoms with E-state index in [-0.39, 0.29) is 0 Å². The fourth-order valence-electron chi connectivity index (χ4n) is 2.88. The number of carbonyl (C=O) groups is 1. The average Bonchev–Trinajstić information content (AvgIpc) is 2.58. The number of halogens is 1. The van der Waals surface area contributed by atoms with E-state index in [2.05, 4.69) is 6.92 Å². The van der Waals surface area contributed by atoms with Crippen LogP contribution >= 0.6 is 11.6 Å². The monoisotopic (exact) mass is 376 g/mol. The lowest BCUT2D eigenvalue weighted by Gasteiger charge is -2.10. The summed E-state index contributed by atoms with van der Waals surface area (Å²) in [6.07, 6.45) is 19.4. The molecular weight excluding hydrogens is 336 g/mol. The molecule has 3 nitrogen and oxygen atoms in total. The van der Waals surface area contributed by atoms with Crippen LogP contribution in [-0.4, -0.2) is 18.3 Å². The summed E-state index contributed by atoms with van der Waals surface area (Å²) in [6.45, 7) is 4.70. The van der Waals surface area contributed by atoms with Gasteiger partial charge in [0.25, 0.3) is 0 Å². The number of hydrogen-bond acceptors (Lipinski definition) is 3. The number of rotatable bonds is 18. The summed E-state index contributed by atoms with van der Waals surface area (Å²) in [7, 11) is 0. The van der Waals surface area contributed by atoms with Crippen molar-refractivity contribution < 1.29 is 14.3 Å². The molecule has 0 aliphatic heterocycles. The molecule has 0 aromatic heterocycles. The first kappa shape index (κ1) is 24.6. The van der Waals surface area contributed by atoms with E-state index in [4.69, 9.17) is 21.1 Å². The first-order chi connectivity index (χ1) is 12.2. The second-order valence-corrected chi connectivity index (χ2v) is 7.50. The third kappa shape index (κ3) is 19.7. The zero-order valence-electron chi connectivity index (χ0n) is 16.7. The number of carbonyl (C=O) groups excluding carboxylic acids is 1. The highest BCUT2D eigenvalue weighted by molar-refractivity contribution is 6.20. The Labute approximate surface area is 161 Å². The Kier molecular flexibility index (Phi) is 19.5. The smallest absolute Gasteiger partial charge is 0.434 e. The Morgan fingerprint density at radius 3 is 1.60 bits per heavy atom. The van der Waals surface area contributed by atoms with Crippen LogP contribution in [0.2, 0.25) is 0 Å². The molecule has 0 N–H and O–H groups in total. The predicted octanol–water partition coefficient (Wildman–Crippen LogP) is 7.99. The van der Waals surface area contributed by atoms with Gasteiger partial charge in [-0.05, 0) is 12.8 Å². The van der Waals surface area contributed by atoms with Crippen LogP contribution in [0.5, 0.6) is 0 Å². The van der Waals surface area contributed by atoms with Gasteiger partial charge in [-0.2, -0.15) is 0 Å². The molecule has 0 saturated heterocycles. The van der Waals surface area contributed by atoms with Crippen molar-refractivity contribution in [2.75, 3.05) is 6.61 Å². The first-order valence-electron chi connectivity index (χ1n) is 10.7. The van der Waals surface area contributed by atoms with Crippen molar-refractivity contribution >= 4 is 17.8 Å². The molecule has 1 atom stereocenters. The van der Waals surface area contributed by atoms with Crippen LogP contribution in [0.25, 0.3) is 0 Å². The molecule has 0 spiro atoms. The van der Waals surface area contributed by atoms with Crippen molar-refractivity contribution in [1.82, 2.24) is 0 Å². The molecule has 0 amide bonds. The molecule has 0 aromatic rings. The SMILES string of the molecule is CCCCCCCCCCCCCCCCOC(=O)OC(Cl)CCC. The van der Waals surface area contributed by atoms with E-state index < -0.39 is 11.7 Å². The Hall–Kier alpha value is -0.440. The molecule has 0 fully saturated rings. The van der Waals surface area contributed by atoms with E-state index in [0.29, 0.717) is 13.0 Å². The Morgan fingerprint density at radius 1 is 0.720 bits per heavy atom. The predicted molar refractivity (Wildman–Crippen MR) is 107 cm³/mol. The number of unbranched alkanes of at least 4 members (excludes halogenated alkanes) is 13. The van der Waals surface area contributed by atoms with Crippen LogP contribution in [0, 0.1) is 0 Å². The van der Waals surface area contributed by atoms with Crippen LogP contribution in [0.15, 0.2) is 0 Å². The van der Waals surface area contributed by atoms with Crippen molar-refractivity contribution in [3.63, 3.8) is 0 Å². The van der Waals surface area contributed by atoms with Gasteiger partial charge in [0, 0.05) is 0 Å². The topological polar surface area (TPSA) is 35.5 Å². The van der Waals surface area contributed by atoms with E-state index in [1.807, 2.05) is 6.92 Å². The summed E-state index contributed by atoms with van der Waals surface area (Å²) >= 11 is 5.82. The summed E-state index contributed by atoms with van der Waals surface area (Å²) in [4.78, 5) is 11.3. The van der Waals surface area contributed by atoms with Gasteiger partial charge in [0.1, 0.15) is 0 Å². The molecule has 0 aliphatic carbocycles. The molecular formula is C21H41ClO3. The first-order valence-corrected chi connectivity index (χ1v) is 11.1. The lowest BCUT2D eigenvalue weighted by Crippen LogP contribution is -2.14. The third-order valence-electron chi connectivity index (χ3n) is 4.46. The summed E-state index contributed by atoms with van der Waals surface area (Å²) in [6, 6.07) is 0. The molecule has 0 aliphatic rings. The summed E-state index contributed by atoms with van der Waals surface area (Å²) in [5.74, 6) is 0.